The van der Waals surface area contributed by atoms with E-state index in [4.69, 9.17) is 0 Å². The molecule has 3 heteroatoms. The van der Waals surface area contributed by atoms with E-state index >= 15 is 0 Å². The molecule has 0 spiro atoms. The lowest BCUT2D eigenvalue weighted by Crippen LogP contribution is -2.51. The van der Waals surface area contributed by atoms with Gasteiger partial charge in [0.25, 0.3) is 0 Å². The first kappa shape index (κ1) is 15.0. The lowest BCUT2D eigenvalue weighted by atomic mass is 9.68. The Morgan fingerprint density at radius 3 is 2.89 bits per heavy atom. The molecular weight excluding hydrogens is 252 g/mol. The molecule has 2 nitrogen and oxygen atoms in total. The van der Waals surface area contributed by atoms with E-state index in [0.29, 0.717) is 11.5 Å². The van der Waals surface area contributed by atoms with Crippen molar-refractivity contribution in [2.45, 2.75) is 45.7 Å². The van der Waals surface area contributed by atoms with E-state index in [9.17, 15) is 0 Å². The fraction of sp³-hybridized carbons (Fsp3) is 0.750. The van der Waals surface area contributed by atoms with Gasteiger partial charge in [0.2, 0.25) is 0 Å². The molecule has 0 radical (unpaired) electrons. The Kier molecular flexibility index (Phi) is 5.04. The van der Waals surface area contributed by atoms with E-state index in [1.165, 1.54) is 31.4 Å². The summed E-state index contributed by atoms with van der Waals surface area (Å²) in [5.74, 6) is 0.775. The second-order valence-corrected chi connectivity index (χ2v) is 7.52. The van der Waals surface area contributed by atoms with E-state index in [-0.39, 0.29) is 0 Å². The zero-order valence-electron chi connectivity index (χ0n) is 12.8. The minimum atomic E-state index is 0.431. The fourth-order valence-corrected chi connectivity index (χ4v) is 4.42. The SMILES string of the molecule is CNC1C(CN(C)Cc2ccsc2)CCCC1(C)C. The van der Waals surface area contributed by atoms with Gasteiger partial charge in [-0.3, -0.25) is 0 Å². The normalized spacial score (nSPS) is 26.8. The highest BCUT2D eigenvalue weighted by Gasteiger charge is 2.38. The second kappa shape index (κ2) is 6.38. The van der Waals surface area contributed by atoms with Crippen molar-refractivity contribution < 1.29 is 0 Å². The maximum absolute atomic E-state index is 3.58. The van der Waals surface area contributed by atoms with Crippen LogP contribution in [0.3, 0.4) is 0 Å². The number of hydrogen-bond donors (Lipinski definition) is 1. The van der Waals surface area contributed by atoms with Crippen molar-refractivity contribution in [3.05, 3.63) is 22.4 Å². The van der Waals surface area contributed by atoms with Crippen molar-refractivity contribution in [1.82, 2.24) is 10.2 Å². The summed E-state index contributed by atoms with van der Waals surface area (Å²) < 4.78 is 0. The molecule has 2 atom stereocenters. The third kappa shape index (κ3) is 3.80. The van der Waals surface area contributed by atoms with Gasteiger partial charge in [0.15, 0.2) is 0 Å². The molecule has 2 rings (SSSR count). The Bertz CT molecular complexity index is 372. The molecular formula is C16H28N2S. The molecule has 1 heterocycles. The molecule has 2 unspecified atom stereocenters. The van der Waals surface area contributed by atoms with E-state index in [2.05, 4.69) is 55.0 Å². The van der Waals surface area contributed by atoms with Gasteiger partial charge in [0, 0.05) is 19.1 Å². The lowest BCUT2D eigenvalue weighted by Gasteiger charge is -2.45. The van der Waals surface area contributed by atoms with Crippen LogP contribution in [-0.2, 0) is 6.54 Å². The Morgan fingerprint density at radius 1 is 1.47 bits per heavy atom. The van der Waals surface area contributed by atoms with E-state index in [1.54, 1.807) is 11.3 Å². The van der Waals surface area contributed by atoms with Crippen LogP contribution in [-0.4, -0.2) is 31.6 Å². The molecule has 19 heavy (non-hydrogen) atoms. The standard InChI is InChI=1S/C16H28N2S/c1-16(2)8-5-6-14(15(16)17-3)11-18(4)10-13-7-9-19-12-13/h7,9,12,14-15,17H,5-6,8,10-11H2,1-4H3. The topological polar surface area (TPSA) is 15.3 Å². The van der Waals surface area contributed by atoms with Gasteiger partial charge in [-0.2, -0.15) is 11.3 Å². The van der Waals surface area contributed by atoms with Crippen molar-refractivity contribution in [3.8, 4) is 0 Å². The summed E-state index contributed by atoms with van der Waals surface area (Å²) in [6.07, 6.45) is 4.09. The number of thiophene rings is 1. The second-order valence-electron chi connectivity index (χ2n) is 6.74. The predicted octanol–water partition coefficient (Wildman–Crippen LogP) is 3.59. The van der Waals surface area contributed by atoms with Gasteiger partial charge in [0.05, 0.1) is 0 Å². The summed E-state index contributed by atoms with van der Waals surface area (Å²) in [7, 11) is 4.38. The predicted molar refractivity (Wildman–Crippen MR) is 84.6 cm³/mol. The highest BCUT2D eigenvalue weighted by Crippen LogP contribution is 2.39. The fourth-order valence-electron chi connectivity index (χ4n) is 3.76. The molecule has 0 amide bonds. The quantitative estimate of drug-likeness (QED) is 0.886. The molecule has 0 bridgehead atoms. The van der Waals surface area contributed by atoms with Crippen LogP contribution in [0.25, 0.3) is 0 Å². The first-order valence-electron chi connectivity index (χ1n) is 7.40. The molecule has 1 aliphatic rings. The van der Waals surface area contributed by atoms with E-state index < -0.39 is 0 Å². The zero-order valence-corrected chi connectivity index (χ0v) is 13.6. The highest BCUT2D eigenvalue weighted by molar-refractivity contribution is 7.07. The minimum Gasteiger partial charge on any atom is -0.316 e. The molecule has 1 aromatic heterocycles. The summed E-state index contributed by atoms with van der Waals surface area (Å²) in [6.45, 7) is 7.11. The van der Waals surface area contributed by atoms with Crippen LogP contribution < -0.4 is 5.32 Å². The molecule has 1 aromatic rings. The van der Waals surface area contributed by atoms with Crippen LogP contribution in [0.4, 0.5) is 0 Å². The van der Waals surface area contributed by atoms with Crippen molar-refractivity contribution in [2.24, 2.45) is 11.3 Å². The lowest BCUT2D eigenvalue weighted by molar-refractivity contribution is 0.0889. The number of hydrogen-bond acceptors (Lipinski definition) is 3. The maximum atomic E-state index is 3.58. The summed E-state index contributed by atoms with van der Waals surface area (Å²) >= 11 is 1.79. The molecule has 1 N–H and O–H groups in total. The van der Waals surface area contributed by atoms with E-state index in [1.807, 2.05) is 0 Å². The zero-order chi connectivity index (χ0) is 13.9. The first-order chi connectivity index (χ1) is 9.03. The van der Waals surface area contributed by atoms with Crippen LogP contribution in [0.1, 0.15) is 38.7 Å². The summed E-state index contributed by atoms with van der Waals surface area (Å²) in [4.78, 5) is 2.48. The molecule has 0 aliphatic heterocycles. The average molecular weight is 280 g/mol. The van der Waals surface area contributed by atoms with Crippen LogP contribution in [0, 0.1) is 11.3 Å². The first-order valence-corrected chi connectivity index (χ1v) is 8.34. The molecule has 0 saturated heterocycles. The van der Waals surface area contributed by atoms with Gasteiger partial charge in [0.1, 0.15) is 0 Å². The average Bonchev–Trinajstić information content (AvgIpc) is 2.80. The Labute approximate surface area is 122 Å². The summed E-state index contributed by atoms with van der Waals surface area (Å²) in [5, 5.41) is 8.01. The molecule has 108 valence electrons. The monoisotopic (exact) mass is 280 g/mol. The smallest absolute Gasteiger partial charge is 0.0239 e. The van der Waals surface area contributed by atoms with Gasteiger partial charge in [-0.1, -0.05) is 20.3 Å². The third-order valence-electron chi connectivity index (χ3n) is 4.60. The van der Waals surface area contributed by atoms with Gasteiger partial charge in [-0.15, -0.1) is 0 Å². The van der Waals surface area contributed by atoms with E-state index in [0.717, 1.165) is 12.5 Å². The molecule has 1 aliphatic carbocycles. The van der Waals surface area contributed by atoms with Gasteiger partial charge < -0.3 is 10.2 Å². The van der Waals surface area contributed by atoms with Crippen molar-refractivity contribution in [1.29, 1.82) is 0 Å². The number of rotatable bonds is 5. The van der Waals surface area contributed by atoms with Crippen molar-refractivity contribution in [3.63, 3.8) is 0 Å². The third-order valence-corrected chi connectivity index (χ3v) is 5.33. The summed E-state index contributed by atoms with van der Waals surface area (Å²) in [5.41, 5.74) is 1.88. The van der Waals surface area contributed by atoms with Gasteiger partial charge in [-0.05, 0) is 60.7 Å². The molecule has 1 saturated carbocycles. The Balaban J connectivity index is 1.93. The van der Waals surface area contributed by atoms with Crippen molar-refractivity contribution in [2.75, 3.05) is 20.6 Å². The number of nitrogens with one attached hydrogen (secondary N) is 1. The Morgan fingerprint density at radius 2 is 2.26 bits per heavy atom. The molecule has 0 aromatic carbocycles. The van der Waals surface area contributed by atoms with Crippen LogP contribution in [0.5, 0.6) is 0 Å². The Hall–Kier alpha value is -0.380. The highest BCUT2D eigenvalue weighted by atomic mass is 32.1. The van der Waals surface area contributed by atoms with Gasteiger partial charge >= 0.3 is 0 Å². The summed E-state index contributed by atoms with van der Waals surface area (Å²) in [6, 6.07) is 2.88. The van der Waals surface area contributed by atoms with Gasteiger partial charge in [-0.25, -0.2) is 0 Å². The van der Waals surface area contributed by atoms with Crippen molar-refractivity contribution >= 4 is 11.3 Å². The number of nitrogens with zero attached hydrogens (tertiary/aromatic N) is 1. The minimum absolute atomic E-state index is 0.431. The molecule has 1 fully saturated rings. The van der Waals surface area contributed by atoms with Crippen LogP contribution in [0.2, 0.25) is 0 Å². The maximum Gasteiger partial charge on any atom is 0.0239 e. The van der Waals surface area contributed by atoms with Crippen LogP contribution >= 0.6 is 11.3 Å². The largest absolute Gasteiger partial charge is 0.316 e. The van der Waals surface area contributed by atoms with Crippen LogP contribution in [0.15, 0.2) is 16.8 Å².